The molecule has 0 saturated heterocycles. The Bertz CT molecular complexity index is 3240. The van der Waals surface area contributed by atoms with Gasteiger partial charge in [0.1, 0.15) is 28.7 Å². The standard InChI is InChI=1S/C60H45ClN3O5P3/c61-70(65-56-36-26-51(27-37-56)46-16-6-1-7-17-46)62-71(66-57-38-28-52(29-39-57)47-18-8-2-9-19-47,67-58-40-30-53(31-41-58)48-20-10-3-11-21-48)64-72(63-70,68-59-42-32-54(33-43-59)49-22-12-4-13-23-49)69-60-44-34-55(35-45-60)50-24-14-5-15-25-50/h1-45H. The van der Waals surface area contributed by atoms with Crippen molar-refractivity contribution in [1.29, 1.82) is 0 Å². The Morgan fingerprint density at radius 2 is 0.403 bits per heavy atom. The number of nitrogens with zero attached hydrogens (tertiary/aromatic N) is 3. The molecule has 0 fully saturated rings. The summed E-state index contributed by atoms with van der Waals surface area (Å²) in [6.45, 7) is -3.97. The smallest absolute Gasteiger partial charge is 0.431 e. The predicted octanol–water partition coefficient (Wildman–Crippen LogP) is 19.8. The summed E-state index contributed by atoms with van der Waals surface area (Å²) < 4.78 is 50.9. The average Bonchev–Trinajstić information content (AvgIpc) is 3.43. The molecule has 72 heavy (non-hydrogen) atoms. The summed E-state index contributed by atoms with van der Waals surface area (Å²) in [7, 11) is -8.17. The molecule has 8 nitrogen and oxygen atoms in total. The third kappa shape index (κ3) is 11.0. The van der Waals surface area contributed by atoms with E-state index < -0.39 is 22.1 Å². The summed E-state index contributed by atoms with van der Waals surface area (Å²) in [5.41, 5.74) is 10.2. The Labute approximate surface area is 424 Å². The first-order chi connectivity index (χ1) is 35.3. The summed E-state index contributed by atoms with van der Waals surface area (Å²) in [6.07, 6.45) is 0. The molecule has 1 heterocycles. The zero-order valence-corrected chi connectivity index (χ0v) is 42.0. The molecule has 0 amide bonds. The quantitative estimate of drug-likeness (QED) is 0.0956. The van der Waals surface area contributed by atoms with E-state index in [1.54, 1.807) is 0 Å². The van der Waals surface area contributed by atoms with E-state index in [4.69, 9.17) is 47.4 Å². The number of benzene rings is 10. The Balaban J connectivity index is 1.09. The largest absolute Gasteiger partial charge is 0.459 e. The van der Waals surface area contributed by atoms with E-state index in [1.165, 1.54) is 0 Å². The van der Waals surface area contributed by atoms with Gasteiger partial charge in [0.15, 0.2) is 0 Å². The molecule has 1 atom stereocenters. The van der Waals surface area contributed by atoms with Crippen molar-refractivity contribution in [1.82, 2.24) is 0 Å². The van der Waals surface area contributed by atoms with E-state index in [-0.39, 0.29) is 0 Å². The number of hydrogen-bond donors (Lipinski definition) is 0. The van der Waals surface area contributed by atoms with Crippen molar-refractivity contribution in [3.05, 3.63) is 273 Å². The summed E-state index contributed by atoms with van der Waals surface area (Å²) in [5.74, 6) is 2.11. The normalized spacial score (nSPS) is 15.3. The number of rotatable bonds is 15. The van der Waals surface area contributed by atoms with Crippen LogP contribution in [0.3, 0.4) is 0 Å². The molecule has 1 unspecified atom stereocenters. The maximum absolute atomic E-state index is 7.85. The fourth-order valence-corrected chi connectivity index (χ4v) is 18.1. The molecule has 11 rings (SSSR count). The molecule has 10 aromatic rings. The summed E-state index contributed by atoms with van der Waals surface area (Å²) >= 11 is 7.85. The first-order valence-corrected chi connectivity index (χ1v) is 28.8. The Hall–Kier alpha value is -7.82. The minimum atomic E-state index is -4.09. The van der Waals surface area contributed by atoms with Gasteiger partial charge in [-0.05, 0) is 128 Å². The zero-order chi connectivity index (χ0) is 48.6. The Kier molecular flexibility index (Phi) is 13.5. The van der Waals surface area contributed by atoms with Crippen molar-refractivity contribution in [3.8, 4) is 84.4 Å². The van der Waals surface area contributed by atoms with Crippen molar-refractivity contribution in [2.75, 3.05) is 0 Å². The molecular weight excluding hydrogens is 971 g/mol. The fraction of sp³-hybridized carbons (Fsp3) is 0. The van der Waals surface area contributed by atoms with Gasteiger partial charge < -0.3 is 22.6 Å². The lowest BCUT2D eigenvalue weighted by Gasteiger charge is -2.31. The number of halogens is 1. The van der Waals surface area contributed by atoms with Crippen molar-refractivity contribution in [2.45, 2.75) is 0 Å². The van der Waals surface area contributed by atoms with Gasteiger partial charge in [-0.3, -0.25) is 0 Å². The highest BCUT2D eigenvalue weighted by atomic mass is 35.7. The summed E-state index contributed by atoms with van der Waals surface area (Å²) in [5, 5.41) is 0. The van der Waals surface area contributed by atoms with Crippen LogP contribution in [-0.2, 0) is 0 Å². The van der Waals surface area contributed by atoms with Crippen molar-refractivity contribution < 1.29 is 22.6 Å². The van der Waals surface area contributed by atoms with Crippen LogP contribution in [0.25, 0.3) is 55.6 Å². The first-order valence-electron chi connectivity index (χ1n) is 23.2. The van der Waals surface area contributed by atoms with Crippen LogP contribution in [0.5, 0.6) is 28.7 Å². The summed E-state index contributed by atoms with van der Waals surface area (Å²) in [4.78, 5) is 0. The van der Waals surface area contributed by atoms with Gasteiger partial charge in [0.2, 0.25) is 0 Å². The van der Waals surface area contributed by atoms with Gasteiger partial charge in [0.25, 0.3) is 0 Å². The van der Waals surface area contributed by atoms with Crippen LogP contribution in [0, 0.1) is 0 Å². The summed E-state index contributed by atoms with van der Waals surface area (Å²) in [6, 6.07) is 89.0. The van der Waals surface area contributed by atoms with Gasteiger partial charge in [0, 0.05) is 0 Å². The second-order valence-corrected chi connectivity index (χ2v) is 23.9. The third-order valence-electron chi connectivity index (χ3n) is 11.6. The van der Waals surface area contributed by atoms with Gasteiger partial charge in [-0.1, -0.05) is 217 Å². The maximum Gasteiger partial charge on any atom is 0.459 e. The lowest BCUT2D eigenvalue weighted by Crippen LogP contribution is -2.08. The minimum Gasteiger partial charge on any atom is -0.431 e. The van der Waals surface area contributed by atoms with E-state index in [9.17, 15) is 0 Å². The molecule has 1 aliphatic heterocycles. The monoisotopic (exact) mass is 1020 g/mol. The van der Waals surface area contributed by atoms with Crippen molar-refractivity contribution in [2.24, 2.45) is 13.5 Å². The maximum atomic E-state index is 7.85. The molecule has 1 aliphatic rings. The van der Waals surface area contributed by atoms with Crippen LogP contribution in [0.1, 0.15) is 0 Å². The zero-order valence-electron chi connectivity index (χ0n) is 38.6. The van der Waals surface area contributed by atoms with Gasteiger partial charge >= 0.3 is 22.1 Å². The van der Waals surface area contributed by atoms with Crippen molar-refractivity contribution >= 4 is 33.3 Å². The van der Waals surface area contributed by atoms with Gasteiger partial charge in [-0.2, -0.15) is 0 Å². The highest BCUT2D eigenvalue weighted by Crippen LogP contribution is 2.80. The third-order valence-corrected chi connectivity index (χ3v) is 20.6. The van der Waals surface area contributed by atoms with E-state index in [2.05, 4.69) is 60.7 Å². The molecular formula is C60H45ClN3O5P3. The van der Waals surface area contributed by atoms with Gasteiger partial charge in [0.05, 0.1) is 0 Å². The van der Waals surface area contributed by atoms with Crippen LogP contribution in [0.15, 0.2) is 287 Å². The molecule has 0 radical (unpaired) electrons. The minimum absolute atomic E-state index is 0.419. The molecule has 352 valence electrons. The molecule has 0 N–H and O–H groups in total. The second-order valence-electron chi connectivity index (χ2n) is 16.6. The van der Waals surface area contributed by atoms with Crippen LogP contribution < -0.4 is 22.6 Å². The van der Waals surface area contributed by atoms with Crippen molar-refractivity contribution in [3.63, 3.8) is 0 Å². The molecule has 0 saturated carbocycles. The lowest BCUT2D eigenvalue weighted by atomic mass is 10.1. The molecule has 0 spiro atoms. The average molecular weight is 1020 g/mol. The molecule has 10 aromatic carbocycles. The van der Waals surface area contributed by atoms with Crippen LogP contribution in [-0.4, -0.2) is 0 Å². The topological polar surface area (TPSA) is 83.2 Å². The van der Waals surface area contributed by atoms with Crippen LogP contribution >= 0.6 is 33.3 Å². The van der Waals surface area contributed by atoms with Gasteiger partial charge in [-0.25, -0.2) is 0 Å². The number of hydrogen-bond acceptors (Lipinski definition) is 8. The predicted molar refractivity (Wildman–Crippen MR) is 296 cm³/mol. The Morgan fingerprint density at radius 1 is 0.208 bits per heavy atom. The van der Waals surface area contributed by atoms with Gasteiger partial charge in [-0.15, -0.1) is 9.03 Å². The molecule has 0 aromatic heterocycles. The van der Waals surface area contributed by atoms with E-state index in [0.717, 1.165) is 55.6 Å². The second kappa shape index (κ2) is 20.9. The van der Waals surface area contributed by atoms with E-state index >= 15 is 0 Å². The molecule has 12 heteroatoms. The first kappa shape index (κ1) is 46.6. The Morgan fingerprint density at radius 3 is 0.639 bits per heavy atom. The SMILES string of the molecule is ClP1(Oc2ccc(-c3ccccc3)cc2)=NP(Oc2ccc(-c3ccccc3)cc2)(Oc2ccc(-c3ccccc3)cc2)=NP(Oc2ccc(-c3ccccc3)cc2)(Oc2ccc(-c3ccccc3)cc2)=N1. The van der Waals surface area contributed by atoms with E-state index in [0.29, 0.717) is 28.7 Å². The van der Waals surface area contributed by atoms with E-state index in [1.807, 2.05) is 212 Å². The lowest BCUT2D eigenvalue weighted by molar-refractivity contribution is 0.458. The highest BCUT2D eigenvalue weighted by molar-refractivity contribution is 7.94. The fourth-order valence-electron chi connectivity index (χ4n) is 8.07. The van der Waals surface area contributed by atoms with Crippen LogP contribution in [0.2, 0.25) is 0 Å². The highest BCUT2D eigenvalue weighted by Gasteiger charge is 2.46. The molecule has 0 aliphatic carbocycles. The molecule has 0 bridgehead atoms. The van der Waals surface area contributed by atoms with Crippen LogP contribution in [0.4, 0.5) is 0 Å².